The minimum absolute atomic E-state index is 0.723. The second-order valence-electron chi connectivity index (χ2n) is 4.85. The predicted molar refractivity (Wildman–Crippen MR) is 80.6 cm³/mol. The molecule has 100 valence electrons. The third-order valence-electron chi connectivity index (χ3n) is 3.25. The topological polar surface area (TPSA) is 41.9 Å². The minimum Gasteiger partial charge on any atom is -0.368 e. The Morgan fingerprint density at radius 1 is 1.15 bits per heavy atom. The van der Waals surface area contributed by atoms with Gasteiger partial charge in [0.2, 0.25) is 0 Å². The Labute approximate surface area is 118 Å². The summed E-state index contributed by atoms with van der Waals surface area (Å²) >= 11 is 0. The molecule has 0 aliphatic heterocycles. The van der Waals surface area contributed by atoms with Crippen LogP contribution in [-0.4, -0.2) is 22.0 Å². The molecule has 0 atom stereocenters. The number of anilines is 1. The van der Waals surface area contributed by atoms with Gasteiger partial charge in [-0.15, -0.1) is 0 Å². The molecule has 0 saturated carbocycles. The van der Waals surface area contributed by atoms with Crippen LogP contribution in [0.15, 0.2) is 48.9 Å². The van der Waals surface area contributed by atoms with Crippen molar-refractivity contribution >= 4 is 16.6 Å². The van der Waals surface area contributed by atoms with Gasteiger partial charge in [-0.2, -0.15) is 0 Å². The summed E-state index contributed by atoms with van der Waals surface area (Å²) in [6.45, 7) is 2.74. The molecule has 0 amide bonds. The number of nitrogens with zero attached hydrogens (tertiary/aromatic N) is 4. The van der Waals surface area contributed by atoms with Gasteiger partial charge in [0.25, 0.3) is 0 Å². The second-order valence-corrected chi connectivity index (χ2v) is 4.85. The van der Waals surface area contributed by atoms with Crippen molar-refractivity contribution in [2.75, 3.05) is 11.9 Å². The van der Waals surface area contributed by atoms with E-state index in [4.69, 9.17) is 0 Å². The molecule has 20 heavy (non-hydrogen) atoms. The lowest BCUT2D eigenvalue weighted by atomic mass is 10.1. The van der Waals surface area contributed by atoms with E-state index in [0.29, 0.717) is 0 Å². The van der Waals surface area contributed by atoms with E-state index in [9.17, 15) is 0 Å². The van der Waals surface area contributed by atoms with E-state index < -0.39 is 0 Å². The maximum atomic E-state index is 4.57. The van der Waals surface area contributed by atoms with Crippen LogP contribution in [0.25, 0.3) is 10.9 Å². The molecule has 0 radical (unpaired) electrons. The molecule has 3 rings (SSSR count). The molecule has 0 saturated heterocycles. The van der Waals surface area contributed by atoms with E-state index in [1.807, 2.05) is 25.1 Å². The van der Waals surface area contributed by atoms with Gasteiger partial charge in [-0.3, -0.25) is 15.0 Å². The minimum atomic E-state index is 0.723. The zero-order chi connectivity index (χ0) is 13.9. The summed E-state index contributed by atoms with van der Waals surface area (Å²) in [4.78, 5) is 15.2. The van der Waals surface area contributed by atoms with Crippen molar-refractivity contribution in [2.24, 2.45) is 0 Å². The van der Waals surface area contributed by atoms with Crippen LogP contribution in [0.5, 0.6) is 0 Å². The van der Waals surface area contributed by atoms with Gasteiger partial charge in [0, 0.05) is 36.2 Å². The number of aryl methyl sites for hydroxylation is 1. The highest BCUT2D eigenvalue weighted by Gasteiger charge is 2.09. The smallest absolute Gasteiger partial charge is 0.0779 e. The molecule has 4 heteroatoms. The molecule has 4 nitrogen and oxygen atoms in total. The Morgan fingerprint density at radius 2 is 2.00 bits per heavy atom. The van der Waals surface area contributed by atoms with E-state index in [1.165, 1.54) is 5.69 Å². The van der Waals surface area contributed by atoms with Crippen molar-refractivity contribution < 1.29 is 0 Å². The van der Waals surface area contributed by atoms with E-state index in [2.05, 4.69) is 39.0 Å². The normalized spacial score (nSPS) is 10.7. The third kappa shape index (κ3) is 2.45. The zero-order valence-electron chi connectivity index (χ0n) is 11.6. The average molecular weight is 264 g/mol. The number of fused-ring (bicyclic) bond motifs is 1. The van der Waals surface area contributed by atoms with Gasteiger partial charge in [0.15, 0.2) is 0 Å². The summed E-state index contributed by atoms with van der Waals surface area (Å²) in [5.74, 6) is 0. The van der Waals surface area contributed by atoms with Crippen molar-refractivity contribution in [1.82, 2.24) is 15.0 Å². The molecule has 0 aliphatic carbocycles. The van der Waals surface area contributed by atoms with Crippen LogP contribution in [0.3, 0.4) is 0 Å². The average Bonchev–Trinajstić information content (AvgIpc) is 2.47. The third-order valence-corrected chi connectivity index (χ3v) is 3.25. The molecule has 0 fully saturated rings. The summed E-state index contributed by atoms with van der Waals surface area (Å²) in [7, 11) is 2.07. The number of pyridine rings is 1. The predicted octanol–water partition coefficient (Wildman–Crippen LogP) is 2.97. The van der Waals surface area contributed by atoms with Crippen LogP contribution in [0.1, 0.15) is 11.4 Å². The van der Waals surface area contributed by atoms with Crippen molar-refractivity contribution in [2.45, 2.75) is 13.5 Å². The highest BCUT2D eigenvalue weighted by atomic mass is 15.1. The van der Waals surface area contributed by atoms with Crippen molar-refractivity contribution in [1.29, 1.82) is 0 Å². The number of hydrogen-bond acceptors (Lipinski definition) is 4. The maximum absolute atomic E-state index is 4.57. The molecule has 0 bridgehead atoms. The van der Waals surface area contributed by atoms with Crippen LogP contribution in [0, 0.1) is 6.92 Å². The standard InChI is InChI=1S/C16H16N4/c1-12-9-16(14-5-3-4-6-15(14)19-12)20(2)11-13-10-17-7-8-18-13/h3-10H,11H2,1-2H3. The summed E-state index contributed by atoms with van der Waals surface area (Å²) in [6.07, 6.45) is 5.21. The lowest BCUT2D eigenvalue weighted by Crippen LogP contribution is -2.18. The van der Waals surface area contributed by atoms with Gasteiger partial charge in [-0.25, -0.2) is 0 Å². The van der Waals surface area contributed by atoms with Gasteiger partial charge >= 0.3 is 0 Å². The molecule has 2 heterocycles. The molecule has 2 aromatic heterocycles. The first kappa shape index (κ1) is 12.5. The Balaban J connectivity index is 2.01. The number of hydrogen-bond donors (Lipinski definition) is 0. The van der Waals surface area contributed by atoms with Crippen LogP contribution in [0.2, 0.25) is 0 Å². The molecule has 0 spiro atoms. The monoisotopic (exact) mass is 264 g/mol. The first-order valence-electron chi connectivity index (χ1n) is 6.56. The Hall–Kier alpha value is -2.49. The number of aromatic nitrogens is 3. The fraction of sp³-hybridized carbons (Fsp3) is 0.188. The first-order valence-corrected chi connectivity index (χ1v) is 6.56. The Morgan fingerprint density at radius 3 is 2.80 bits per heavy atom. The van der Waals surface area contributed by atoms with Crippen LogP contribution in [0.4, 0.5) is 5.69 Å². The molecular weight excluding hydrogens is 248 g/mol. The van der Waals surface area contributed by atoms with Crippen LogP contribution in [-0.2, 0) is 6.54 Å². The Bertz CT molecular complexity index is 725. The van der Waals surface area contributed by atoms with Gasteiger partial charge in [-0.1, -0.05) is 18.2 Å². The summed E-state index contributed by atoms with van der Waals surface area (Å²) in [5, 5.41) is 1.16. The van der Waals surface area contributed by atoms with Crippen molar-refractivity contribution in [3.05, 3.63) is 60.3 Å². The van der Waals surface area contributed by atoms with Crippen molar-refractivity contribution in [3.8, 4) is 0 Å². The van der Waals surface area contributed by atoms with Crippen LogP contribution >= 0.6 is 0 Å². The largest absolute Gasteiger partial charge is 0.368 e. The van der Waals surface area contributed by atoms with E-state index in [-0.39, 0.29) is 0 Å². The zero-order valence-corrected chi connectivity index (χ0v) is 11.6. The highest BCUT2D eigenvalue weighted by Crippen LogP contribution is 2.26. The quantitative estimate of drug-likeness (QED) is 0.729. The lowest BCUT2D eigenvalue weighted by Gasteiger charge is -2.21. The first-order chi connectivity index (χ1) is 9.74. The van der Waals surface area contributed by atoms with Gasteiger partial charge in [0.1, 0.15) is 0 Å². The maximum Gasteiger partial charge on any atom is 0.0779 e. The second kappa shape index (κ2) is 5.25. The highest BCUT2D eigenvalue weighted by molar-refractivity contribution is 5.91. The molecule has 3 aromatic rings. The van der Waals surface area contributed by atoms with Crippen LogP contribution < -0.4 is 4.90 Å². The summed E-state index contributed by atoms with van der Waals surface area (Å²) in [5.41, 5.74) is 4.16. The van der Waals surface area contributed by atoms with Crippen molar-refractivity contribution in [3.63, 3.8) is 0 Å². The summed E-state index contributed by atoms with van der Waals surface area (Å²) < 4.78 is 0. The molecule has 1 aromatic carbocycles. The number of rotatable bonds is 3. The fourth-order valence-electron chi connectivity index (χ4n) is 2.34. The van der Waals surface area contributed by atoms with Gasteiger partial charge in [0.05, 0.1) is 24.0 Å². The molecule has 0 aliphatic rings. The molecule has 0 unspecified atom stereocenters. The van der Waals surface area contributed by atoms with E-state index >= 15 is 0 Å². The number of benzene rings is 1. The SMILES string of the molecule is Cc1cc(N(C)Cc2cnccn2)c2ccccc2n1. The van der Waals surface area contributed by atoms with E-state index in [1.54, 1.807) is 18.6 Å². The molecule has 0 N–H and O–H groups in total. The van der Waals surface area contributed by atoms with E-state index in [0.717, 1.165) is 28.8 Å². The summed E-state index contributed by atoms with van der Waals surface area (Å²) in [6, 6.07) is 10.3. The molecular formula is C16H16N4. The number of para-hydroxylation sites is 1. The lowest BCUT2D eigenvalue weighted by molar-refractivity contribution is 0.875. The van der Waals surface area contributed by atoms with Gasteiger partial charge in [-0.05, 0) is 19.1 Å². The fourth-order valence-corrected chi connectivity index (χ4v) is 2.34. The van der Waals surface area contributed by atoms with Gasteiger partial charge < -0.3 is 4.90 Å². The Kier molecular flexibility index (Phi) is 3.29.